The molecule has 31 heavy (non-hydrogen) atoms. The lowest BCUT2D eigenvalue weighted by atomic mass is 10.2. The van der Waals surface area contributed by atoms with E-state index in [1.165, 1.54) is 25.5 Å². The number of methoxy groups -OCH3 is 1. The average molecular weight is 421 g/mol. The molecular weight excluding hydrogens is 402 g/mol. The number of hydrazone groups is 1. The molecule has 0 amide bonds. The molecule has 2 N–H and O–H groups in total. The number of anilines is 1. The SMILES string of the molecule is CCCn1c2ccccc2c2nnc(N/N=C/c3cc(OC)c(O)c([N+](=O)[O-])c3)nc21. The third kappa shape index (κ3) is 3.68. The Labute approximate surface area is 176 Å². The number of nitrogens with one attached hydrogen (secondary N) is 1. The Bertz CT molecular complexity index is 1320. The molecule has 0 atom stereocenters. The number of hydrogen-bond acceptors (Lipinski definition) is 9. The Hall–Kier alpha value is -4.28. The van der Waals surface area contributed by atoms with Crippen LogP contribution in [0.1, 0.15) is 18.9 Å². The lowest BCUT2D eigenvalue weighted by Gasteiger charge is -2.05. The summed E-state index contributed by atoms with van der Waals surface area (Å²) in [5.74, 6) is -0.387. The van der Waals surface area contributed by atoms with Crippen molar-refractivity contribution in [1.82, 2.24) is 19.7 Å². The van der Waals surface area contributed by atoms with Crippen molar-refractivity contribution < 1.29 is 14.8 Å². The first kappa shape index (κ1) is 20.0. The first-order valence-corrected chi connectivity index (χ1v) is 9.49. The van der Waals surface area contributed by atoms with Gasteiger partial charge in [-0.1, -0.05) is 25.1 Å². The molecule has 0 bridgehead atoms. The lowest BCUT2D eigenvalue weighted by molar-refractivity contribution is -0.386. The highest BCUT2D eigenvalue weighted by Gasteiger charge is 2.19. The zero-order valence-electron chi connectivity index (χ0n) is 16.8. The number of phenolic OH excluding ortho intramolecular Hbond substituents is 1. The van der Waals surface area contributed by atoms with Gasteiger partial charge in [-0.05, 0) is 18.6 Å². The van der Waals surface area contributed by atoms with Gasteiger partial charge in [0, 0.05) is 23.6 Å². The fraction of sp³-hybridized carbons (Fsp3) is 0.200. The number of para-hydroxylation sites is 1. The summed E-state index contributed by atoms with van der Waals surface area (Å²) in [5.41, 5.74) is 5.00. The van der Waals surface area contributed by atoms with E-state index < -0.39 is 16.4 Å². The van der Waals surface area contributed by atoms with Crippen LogP contribution in [0.4, 0.5) is 11.6 Å². The molecule has 0 unspecified atom stereocenters. The largest absolute Gasteiger partial charge is 0.500 e. The van der Waals surface area contributed by atoms with E-state index in [1.54, 1.807) is 0 Å². The van der Waals surface area contributed by atoms with Crippen LogP contribution in [0.2, 0.25) is 0 Å². The highest BCUT2D eigenvalue weighted by molar-refractivity contribution is 6.04. The van der Waals surface area contributed by atoms with Crippen LogP contribution >= 0.6 is 0 Å². The fourth-order valence-corrected chi connectivity index (χ4v) is 3.35. The van der Waals surface area contributed by atoms with Crippen LogP contribution < -0.4 is 10.2 Å². The number of rotatable bonds is 7. The van der Waals surface area contributed by atoms with Crippen molar-refractivity contribution >= 4 is 39.9 Å². The number of benzene rings is 2. The zero-order valence-corrected chi connectivity index (χ0v) is 16.8. The summed E-state index contributed by atoms with van der Waals surface area (Å²) in [4.78, 5) is 15.0. The van der Waals surface area contributed by atoms with Gasteiger partial charge in [0.15, 0.2) is 11.4 Å². The van der Waals surface area contributed by atoms with Gasteiger partial charge in [-0.2, -0.15) is 10.1 Å². The molecule has 0 spiro atoms. The molecule has 2 aromatic carbocycles. The third-order valence-electron chi connectivity index (χ3n) is 4.69. The normalized spacial score (nSPS) is 11.4. The predicted molar refractivity (Wildman–Crippen MR) is 116 cm³/mol. The van der Waals surface area contributed by atoms with Crippen molar-refractivity contribution in [2.45, 2.75) is 19.9 Å². The van der Waals surface area contributed by atoms with Crippen LogP contribution in [0.5, 0.6) is 11.5 Å². The van der Waals surface area contributed by atoms with Gasteiger partial charge in [-0.25, -0.2) is 5.43 Å². The molecule has 158 valence electrons. The molecule has 11 nitrogen and oxygen atoms in total. The minimum Gasteiger partial charge on any atom is -0.500 e. The fourth-order valence-electron chi connectivity index (χ4n) is 3.35. The Morgan fingerprint density at radius 2 is 2.13 bits per heavy atom. The van der Waals surface area contributed by atoms with Crippen molar-refractivity contribution in [2.75, 3.05) is 12.5 Å². The molecule has 0 fully saturated rings. The summed E-state index contributed by atoms with van der Waals surface area (Å²) >= 11 is 0. The van der Waals surface area contributed by atoms with Crippen molar-refractivity contribution in [1.29, 1.82) is 0 Å². The number of aryl methyl sites for hydroxylation is 1. The zero-order chi connectivity index (χ0) is 22.0. The molecule has 0 aliphatic carbocycles. The van der Waals surface area contributed by atoms with Gasteiger partial charge >= 0.3 is 5.69 Å². The van der Waals surface area contributed by atoms with Gasteiger partial charge in [0.05, 0.1) is 23.8 Å². The van der Waals surface area contributed by atoms with Crippen molar-refractivity contribution in [3.05, 3.63) is 52.1 Å². The monoisotopic (exact) mass is 421 g/mol. The molecule has 4 rings (SSSR count). The summed E-state index contributed by atoms with van der Waals surface area (Å²) in [5, 5.41) is 34.4. The van der Waals surface area contributed by atoms with Crippen LogP contribution in [0, 0.1) is 10.1 Å². The quantitative estimate of drug-likeness (QED) is 0.263. The van der Waals surface area contributed by atoms with Crippen LogP contribution in [0.3, 0.4) is 0 Å². The molecule has 4 aromatic rings. The van der Waals surface area contributed by atoms with Gasteiger partial charge in [-0.3, -0.25) is 10.1 Å². The van der Waals surface area contributed by atoms with E-state index in [0.29, 0.717) is 16.7 Å². The highest BCUT2D eigenvalue weighted by Crippen LogP contribution is 2.36. The first-order valence-electron chi connectivity index (χ1n) is 9.49. The molecule has 0 saturated heterocycles. The van der Waals surface area contributed by atoms with Crippen molar-refractivity contribution in [2.24, 2.45) is 5.10 Å². The summed E-state index contributed by atoms with van der Waals surface area (Å²) in [7, 11) is 1.31. The summed E-state index contributed by atoms with van der Waals surface area (Å²) in [6.07, 6.45) is 2.27. The molecule has 0 radical (unpaired) electrons. The van der Waals surface area contributed by atoms with E-state index in [-0.39, 0.29) is 11.7 Å². The van der Waals surface area contributed by atoms with Crippen molar-refractivity contribution in [3.63, 3.8) is 0 Å². The van der Waals surface area contributed by atoms with Gasteiger partial charge in [0.1, 0.15) is 5.52 Å². The van der Waals surface area contributed by atoms with Crippen LogP contribution in [0.25, 0.3) is 22.1 Å². The van der Waals surface area contributed by atoms with Gasteiger partial charge in [-0.15, -0.1) is 10.2 Å². The average Bonchev–Trinajstić information content (AvgIpc) is 3.08. The number of nitrogens with zero attached hydrogens (tertiary/aromatic N) is 6. The number of fused-ring (bicyclic) bond motifs is 3. The third-order valence-corrected chi connectivity index (χ3v) is 4.69. The van der Waals surface area contributed by atoms with E-state index in [0.717, 1.165) is 23.9 Å². The van der Waals surface area contributed by atoms with E-state index in [1.807, 2.05) is 24.3 Å². The molecule has 0 aliphatic heterocycles. The van der Waals surface area contributed by atoms with Gasteiger partial charge in [0.2, 0.25) is 5.75 Å². The number of hydrogen-bond donors (Lipinski definition) is 2. The molecular formula is C20H19N7O4. The number of nitro benzene ring substituents is 1. The number of aromatic hydroxyl groups is 1. The first-order chi connectivity index (χ1) is 15.0. The minimum absolute atomic E-state index is 0.0286. The number of ether oxygens (including phenoxy) is 1. The van der Waals surface area contributed by atoms with Crippen molar-refractivity contribution in [3.8, 4) is 11.5 Å². The topological polar surface area (TPSA) is 141 Å². The maximum absolute atomic E-state index is 11.1. The lowest BCUT2D eigenvalue weighted by Crippen LogP contribution is -2.03. The standard InChI is InChI=1S/C20H19N7O4/c1-3-8-26-14-7-5-4-6-13(14)17-19(26)22-20(25-23-17)24-21-11-12-9-15(27(29)30)18(28)16(10-12)31-2/h4-7,9-11,28H,3,8H2,1-2H3,(H,22,24,25)/b21-11+. The summed E-state index contributed by atoms with van der Waals surface area (Å²) in [6, 6.07) is 10.5. The maximum Gasteiger partial charge on any atom is 0.315 e. The number of nitro groups is 1. The Balaban J connectivity index is 1.66. The van der Waals surface area contributed by atoms with E-state index in [2.05, 4.69) is 37.2 Å². The van der Waals surface area contributed by atoms with Gasteiger partial charge < -0.3 is 14.4 Å². The Morgan fingerprint density at radius 3 is 2.87 bits per heavy atom. The maximum atomic E-state index is 11.1. The summed E-state index contributed by atoms with van der Waals surface area (Å²) < 4.78 is 7.07. The van der Waals surface area contributed by atoms with Crippen LogP contribution in [-0.4, -0.2) is 43.1 Å². The summed E-state index contributed by atoms with van der Waals surface area (Å²) in [6.45, 7) is 2.87. The Kier molecular flexibility index (Phi) is 5.31. The number of aromatic nitrogens is 4. The van der Waals surface area contributed by atoms with E-state index in [4.69, 9.17) is 4.74 Å². The van der Waals surface area contributed by atoms with Gasteiger partial charge in [0.25, 0.3) is 5.95 Å². The molecule has 2 heterocycles. The van der Waals surface area contributed by atoms with E-state index in [9.17, 15) is 15.2 Å². The molecule has 2 aromatic heterocycles. The predicted octanol–water partition coefficient (Wildman–Crippen LogP) is 3.46. The molecule has 11 heteroatoms. The molecule has 0 saturated carbocycles. The second kappa shape index (κ2) is 8.22. The Morgan fingerprint density at radius 1 is 1.32 bits per heavy atom. The number of phenols is 1. The second-order valence-corrected chi connectivity index (χ2v) is 6.69. The second-order valence-electron chi connectivity index (χ2n) is 6.69. The van der Waals surface area contributed by atoms with Crippen LogP contribution in [0.15, 0.2) is 41.5 Å². The van der Waals surface area contributed by atoms with E-state index >= 15 is 0 Å². The minimum atomic E-state index is -0.698. The molecule has 0 aliphatic rings. The van der Waals surface area contributed by atoms with Crippen LogP contribution in [-0.2, 0) is 6.54 Å². The highest BCUT2D eigenvalue weighted by atomic mass is 16.6. The smallest absolute Gasteiger partial charge is 0.315 e.